The third kappa shape index (κ3) is 1.62. The van der Waals surface area contributed by atoms with Gasteiger partial charge in [0.1, 0.15) is 6.04 Å². The number of ketones is 1. The molecule has 6 rings (SSSR count). The molecule has 0 bridgehead atoms. The number of fused-ring (bicyclic) bond motifs is 4. The highest BCUT2D eigenvalue weighted by Gasteiger charge is 2.41. The molecule has 126 valence electrons. The molecule has 2 aliphatic heterocycles. The third-order valence-electron chi connectivity index (χ3n) is 4.91. The van der Waals surface area contributed by atoms with E-state index in [0.29, 0.717) is 28.6 Å². The molecule has 1 N–H and O–H groups in total. The number of carbonyl (C=O) groups is 1. The van der Waals surface area contributed by atoms with Gasteiger partial charge in [0.2, 0.25) is 12.7 Å². The van der Waals surface area contributed by atoms with Gasteiger partial charge in [-0.3, -0.25) is 4.79 Å². The zero-order chi connectivity index (χ0) is 17.3. The molecule has 0 fully saturated rings. The number of carbonyl (C=O) groups excluding carboxylic acids is 1. The van der Waals surface area contributed by atoms with Gasteiger partial charge in [0, 0.05) is 11.1 Å². The van der Waals surface area contributed by atoms with Crippen molar-refractivity contribution in [2.45, 2.75) is 6.04 Å². The Bertz CT molecular complexity index is 1130. The average molecular weight is 345 g/mol. The highest BCUT2D eigenvalue weighted by atomic mass is 16.7. The van der Waals surface area contributed by atoms with Crippen molar-refractivity contribution in [3.63, 3.8) is 0 Å². The first-order chi connectivity index (χ1) is 12.8. The molecular weight excluding hydrogens is 334 g/mol. The summed E-state index contributed by atoms with van der Waals surface area (Å²) < 4.78 is 12.5. The lowest BCUT2D eigenvalue weighted by atomic mass is 9.94. The number of benzene rings is 2. The van der Waals surface area contributed by atoms with Crippen LogP contribution >= 0.6 is 0 Å². The first-order valence-corrected chi connectivity index (χ1v) is 8.14. The van der Waals surface area contributed by atoms with E-state index in [-0.39, 0.29) is 12.6 Å². The molecule has 3 aromatic rings. The van der Waals surface area contributed by atoms with Gasteiger partial charge in [-0.05, 0) is 28.1 Å². The van der Waals surface area contributed by atoms with Crippen LogP contribution in [0.4, 0.5) is 5.95 Å². The Morgan fingerprint density at radius 3 is 2.85 bits per heavy atom. The Kier molecular flexibility index (Phi) is 2.45. The summed E-state index contributed by atoms with van der Waals surface area (Å²) in [6.07, 6.45) is 0. The number of hydrogen-bond acceptors (Lipinski definition) is 7. The van der Waals surface area contributed by atoms with Crippen molar-refractivity contribution in [2.24, 2.45) is 0 Å². The Hall–Kier alpha value is -3.68. The number of aromatic nitrogens is 4. The highest BCUT2D eigenvalue weighted by molar-refractivity contribution is 6.23. The number of allylic oxidation sites excluding steroid dienone is 1. The SMILES string of the molecule is O=C1C2=C(Nc3nnnn3C2c2ccc3c(c2)OCO3)c2ccccc21. The molecule has 3 aliphatic rings. The van der Waals surface area contributed by atoms with Crippen molar-refractivity contribution >= 4 is 17.4 Å². The van der Waals surface area contributed by atoms with E-state index in [4.69, 9.17) is 9.47 Å². The molecule has 0 radical (unpaired) electrons. The molecule has 2 aromatic carbocycles. The van der Waals surface area contributed by atoms with Crippen LogP contribution in [0, 0.1) is 0 Å². The maximum absolute atomic E-state index is 13.1. The smallest absolute Gasteiger partial charge is 0.248 e. The molecule has 3 heterocycles. The molecule has 8 heteroatoms. The molecule has 26 heavy (non-hydrogen) atoms. The molecule has 1 aromatic heterocycles. The number of anilines is 1. The van der Waals surface area contributed by atoms with Crippen LogP contribution in [0.3, 0.4) is 0 Å². The second-order valence-electron chi connectivity index (χ2n) is 6.25. The average Bonchev–Trinajstić information content (AvgIpc) is 3.39. The minimum absolute atomic E-state index is 0.0214. The lowest BCUT2D eigenvalue weighted by molar-refractivity contribution is 0.102. The highest BCUT2D eigenvalue weighted by Crippen LogP contribution is 2.46. The summed E-state index contributed by atoms with van der Waals surface area (Å²) in [4.78, 5) is 13.1. The van der Waals surface area contributed by atoms with E-state index < -0.39 is 6.04 Å². The van der Waals surface area contributed by atoms with Gasteiger partial charge >= 0.3 is 0 Å². The third-order valence-corrected chi connectivity index (χ3v) is 4.91. The standard InChI is InChI=1S/C18H11N5O3/c24-17-11-4-2-1-3-10(11)15-14(17)16(23-18(19-15)20-21-22-23)9-5-6-12-13(7-9)26-8-25-12/h1-7,16H,8H2,(H,19,20,22). The largest absolute Gasteiger partial charge is 0.454 e. The predicted molar refractivity (Wildman–Crippen MR) is 89.8 cm³/mol. The van der Waals surface area contributed by atoms with Gasteiger partial charge in [-0.25, -0.2) is 0 Å². The number of nitrogens with zero attached hydrogens (tertiary/aromatic N) is 4. The van der Waals surface area contributed by atoms with Gasteiger partial charge in [-0.15, -0.1) is 0 Å². The second-order valence-corrected chi connectivity index (χ2v) is 6.25. The summed E-state index contributed by atoms with van der Waals surface area (Å²) in [7, 11) is 0. The maximum atomic E-state index is 13.1. The van der Waals surface area contributed by atoms with Crippen molar-refractivity contribution in [3.8, 4) is 11.5 Å². The van der Waals surface area contributed by atoms with Gasteiger partial charge in [0.25, 0.3) is 0 Å². The lowest BCUT2D eigenvalue weighted by Crippen LogP contribution is -2.25. The Morgan fingerprint density at radius 1 is 1.08 bits per heavy atom. The van der Waals surface area contributed by atoms with Crippen molar-refractivity contribution in [3.05, 3.63) is 64.7 Å². The van der Waals surface area contributed by atoms with E-state index >= 15 is 0 Å². The zero-order valence-corrected chi connectivity index (χ0v) is 13.3. The molecule has 0 saturated heterocycles. The number of nitrogens with one attached hydrogen (secondary N) is 1. The van der Waals surface area contributed by atoms with Gasteiger partial charge < -0.3 is 14.8 Å². The number of tetrazole rings is 1. The van der Waals surface area contributed by atoms with Crippen LogP contribution in [-0.4, -0.2) is 32.8 Å². The number of Topliss-reactive ketones (excluding diaryl/α,β-unsaturated/α-hetero) is 1. The summed E-state index contributed by atoms with van der Waals surface area (Å²) in [5, 5.41) is 15.1. The van der Waals surface area contributed by atoms with Crippen molar-refractivity contribution in [2.75, 3.05) is 12.1 Å². The predicted octanol–water partition coefficient (Wildman–Crippen LogP) is 2.02. The topological polar surface area (TPSA) is 91.2 Å². The lowest BCUT2D eigenvalue weighted by Gasteiger charge is -2.25. The van der Waals surface area contributed by atoms with Crippen LogP contribution < -0.4 is 14.8 Å². The van der Waals surface area contributed by atoms with Crippen LogP contribution in [0.2, 0.25) is 0 Å². The fourth-order valence-corrected chi connectivity index (χ4v) is 3.77. The molecule has 1 unspecified atom stereocenters. The number of hydrogen-bond donors (Lipinski definition) is 1. The number of rotatable bonds is 1. The summed E-state index contributed by atoms with van der Waals surface area (Å²) in [6, 6.07) is 12.7. The Labute approximate surface area is 147 Å². The van der Waals surface area contributed by atoms with E-state index in [2.05, 4.69) is 20.8 Å². The molecular formula is C18H11N5O3. The fourth-order valence-electron chi connectivity index (χ4n) is 3.77. The Morgan fingerprint density at radius 2 is 1.92 bits per heavy atom. The van der Waals surface area contributed by atoms with Gasteiger partial charge in [0.05, 0.1) is 11.3 Å². The molecule has 8 nitrogen and oxygen atoms in total. The van der Waals surface area contributed by atoms with Crippen LogP contribution in [0.5, 0.6) is 11.5 Å². The number of ether oxygens (including phenoxy) is 2. The molecule has 1 aliphatic carbocycles. The quantitative estimate of drug-likeness (QED) is 0.721. The molecule has 0 spiro atoms. The summed E-state index contributed by atoms with van der Waals surface area (Å²) in [6.45, 7) is 0.194. The molecule has 1 atom stereocenters. The van der Waals surface area contributed by atoms with Crippen molar-refractivity contribution < 1.29 is 14.3 Å². The minimum atomic E-state index is -0.439. The monoisotopic (exact) mass is 345 g/mol. The first kappa shape index (κ1) is 13.6. The van der Waals surface area contributed by atoms with Gasteiger partial charge in [0.15, 0.2) is 17.3 Å². The second kappa shape index (κ2) is 4.69. The van der Waals surface area contributed by atoms with E-state index in [9.17, 15) is 4.79 Å². The summed E-state index contributed by atoms with van der Waals surface area (Å²) >= 11 is 0. The van der Waals surface area contributed by atoms with Gasteiger partial charge in [-0.2, -0.15) is 4.68 Å². The minimum Gasteiger partial charge on any atom is -0.454 e. The van der Waals surface area contributed by atoms with Crippen LogP contribution in [0.15, 0.2) is 48.0 Å². The first-order valence-electron chi connectivity index (χ1n) is 8.14. The normalized spacial score (nSPS) is 19.1. The van der Waals surface area contributed by atoms with Crippen LogP contribution in [0.25, 0.3) is 5.70 Å². The van der Waals surface area contributed by atoms with E-state index in [0.717, 1.165) is 16.8 Å². The van der Waals surface area contributed by atoms with Crippen molar-refractivity contribution in [1.82, 2.24) is 20.2 Å². The Balaban J connectivity index is 1.59. The van der Waals surface area contributed by atoms with Crippen LogP contribution in [0.1, 0.15) is 27.5 Å². The summed E-state index contributed by atoms with van der Waals surface area (Å²) in [5.41, 5.74) is 3.79. The maximum Gasteiger partial charge on any atom is 0.248 e. The summed E-state index contributed by atoms with van der Waals surface area (Å²) in [5.74, 6) is 1.82. The van der Waals surface area contributed by atoms with Crippen LogP contribution in [-0.2, 0) is 0 Å². The van der Waals surface area contributed by atoms with Gasteiger partial charge in [-0.1, -0.05) is 35.4 Å². The zero-order valence-electron chi connectivity index (χ0n) is 13.3. The molecule has 0 saturated carbocycles. The fraction of sp³-hybridized carbons (Fsp3) is 0.111. The van der Waals surface area contributed by atoms with E-state index in [1.165, 1.54) is 0 Å². The van der Waals surface area contributed by atoms with Crippen molar-refractivity contribution in [1.29, 1.82) is 0 Å². The molecule has 0 amide bonds. The van der Waals surface area contributed by atoms with E-state index in [1.54, 1.807) is 4.68 Å². The van der Waals surface area contributed by atoms with E-state index in [1.807, 2.05) is 42.5 Å².